The summed E-state index contributed by atoms with van der Waals surface area (Å²) in [5, 5.41) is 0. The van der Waals surface area contributed by atoms with Gasteiger partial charge in [0.25, 0.3) is 0 Å². The molecule has 0 aliphatic heterocycles. The fourth-order valence-corrected chi connectivity index (χ4v) is 2.00. The van der Waals surface area contributed by atoms with Gasteiger partial charge in [-0.3, -0.25) is 0 Å². The van der Waals surface area contributed by atoms with E-state index >= 15 is 0 Å². The van der Waals surface area contributed by atoms with Crippen LogP contribution in [0.15, 0.2) is 0 Å². The quantitative estimate of drug-likeness (QED) is 0.326. The fraction of sp³-hybridized carbons (Fsp3) is 0.875. The lowest BCUT2D eigenvalue weighted by Crippen LogP contribution is -1.94. The van der Waals surface area contributed by atoms with Crippen molar-refractivity contribution in [1.29, 1.82) is 0 Å². The van der Waals surface area contributed by atoms with E-state index in [9.17, 15) is 0 Å². The molecule has 0 fully saturated rings. The lowest BCUT2D eigenvalue weighted by molar-refractivity contribution is 0.162. The van der Waals surface area contributed by atoms with E-state index in [2.05, 4.69) is 12.8 Å². The normalized spacial score (nSPS) is 10.4. The predicted octanol–water partition coefficient (Wildman–Crippen LogP) is 4.95. The molecule has 0 atom stereocenters. The molecule has 0 aliphatic rings. The summed E-state index contributed by atoms with van der Waals surface area (Å²) in [5.74, 6) is 2.49. The lowest BCUT2D eigenvalue weighted by Gasteiger charge is -2.02. The maximum atomic E-state index is 5.23. The standard InChI is InChI=1S/C16H30O/c1-3-5-6-7-8-9-10-11-12-13-14-16-17-15-4-2/h2H,3,5-16H2,1H3. The van der Waals surface area contributed by atoms with Crippen LogP contribution in [0.4, 0.5) is 0 Å². The van der Waals surface area contributed by atoms with Crippen LogP contribution in [0.3, 0.4) is 0 Å². The zero-order chi connectivity index (χ0) is 12.6. The van der Waals surface area contributed by atoms with Crippen LogP contribution in [0.5, 0.6) is 0 Å². The highest BCUT2D eigenvalue weighted by Crippen LogP contribution is 2.11. The minimum Gasteiger partial charge on any atom is -0.369 e. The van der Waals surface area contributed by atoms with Gasteiger partial charge in [0.15, 0.2) is 0 Å². The molecule has 0 N–H and O–H groups in total. The minimum absolute atomic E-state index is 0.470. The van der Waals surface area contributed by atoms with Gasteiger partial charge >= 0.3 is 0 Å². The van der Waals surface area contributed by atoms with E-state index in [4.69, 9.17) is 11.2 Å². The van der Waals surface area contributed by atoms with E-state index in [1.54, 1.807) is 0 Å². The third-order valence-electron chi connectivity index (χ3n) is 3.08. The molecule has 1 heteroatoms. The summed E-state index contributed by atoms with van der Waals surface area (Å²) in [4.78, 5) is 0. The Morgan fingerprint density at radius 1 is 0.765 bits per heavy atom. The zero-order valence-electron chi connectivity index (χ0n) is 11.7. The van der Waals surface area contributed by atoms with E-state index in [1.165, 1.54) is 64.2 Å². The van der Waals surface area contributed by atoms with E-state index in [0.717, 1.165) is 13.0 Å². The maximum absolute atomic E-state index is 5.23. The molecule has 1 nitrogen and oxygen atoms in total. The highest BCUT2D eigenvalue weighted by Gasteiger charge is 1.93. The molecule has 0 bridgehead atoms. The molecular weight excluding hydrogens is 208 g/mol. The molecule has 0 rings (SSSR count). The van der Waals surface area contributed by atoms with Crippen molar-refractivity contribution in [3.8, 4) is 12.3 Å². The monoisotopic (exact) mass is 238 g/mol. The van der Waals surface area contributed by atoms with Crippen molar-refractivity contribution in [3.05, 3.63) is 0 Å². The van der Waals surface area contributed by atoms with E-state index in [1.807, 2.05) is 0 Å². The van der Waals surface area contributed by atoms with Crippen LogP contribution < -0.4 is 0 Å². The summed E-state index contributed by atoms with van der Waals surface area (Å²) in [6.07, 6.45) is 20.2. The Morgan fingerprint density at radius 2 is 1.24 bits per heavy atom. The van der Waals surface area contributed by atoms with E-state index in [-0.39, 0.29) is 0 Å². The van der Waals surface area contributed by atoms with Gasteiger partial charge in [-0.1, -0.05) is 77.1 Å². The molecule has 0 aliphatic carbocycles. The van der Waals surface area contributed by atoms with Crippen LogP contribution in [-0.2, 0) is 4.74 Å². The summed E-state index contributed by atoms with van der Waals surface area (Å²) in [6, 6.07) is 0. The third-order valence-corrected chi connectivity index (χ3v) is 3.08. The van der Waals surface area contributed by atoms with Gasteiger partial charge in [0.05, 0.1) is 0 Å². The van der Waals surface area contributed by atoms with Crippen molar-refractivity contribution in [2.45, 2.75) is 77.6 Å². The van der Waals surface area contributed by atoms with Crippen molar-refractivity contribution in [1.82, 2.24) is 0 Å². The van der Waals surface area contributed by atoms with Crippen molar-refractivity contribution >= 4 is 0 Å². The van der Waals surface area contributed by atoms with Crippen LogP contribution in [-0.4, -0.2) is 13.2 Å². The van der Waals surface area contributed by atoms with Gasteiger partial charge in [-0.15, -0.1) is 6.42 Å². The molecule has 0 amide bonds. The molecule has 0 aromatic rings. The molecule has 0 unspecified atom stereocenters. The van der Waals surface area contributed by atoms with Crippen LogP contribution in [0.2, 0.25) is 0 Å². The average Bonchev–Trinajstić information content (AvgIpc) is 2.35. The molecule has 0 saturated carbocycles. The lowest BCUT2D eigenvalue weighted by atomic mass is 10.1. The Kier molecular flexibility index (Phi) is 15.1. The Morgan fingerprint density at radius 3 is 1.71 bits per heavy atom. The van der Waals surface area contributed by atoms with Gasteiger partial charge in [-0.25, -0.2) is 0 Å². The summed E-state index contributed by atoms with van der Waals surface area (Å²) >= 11 is 0. The molecule has 0 saturated heterocycles. The molecule has 17 heavy (non-hydrogen) atoms. The predicted molar refractivity (Wildman–Crippen MR) is 76.1 cm³/mol. The highest BCUT2D eigenvalue weighted by molar-refractivity contribution is 4.82. The fourth-order valence-electron chi connectivity index (χ4n) is 2.00. The Bertz CT molecular complexity index is 169. The van der Waals surface area contributed by atoms with Crippen LogP contribution in [0.25, 0.3) is 0 Å². The smallest absolute Gasteiger partial charge is 0.107 e. The Balaban J connectivity index is 2.87. The van der Waals surface area contributed by atoms with Crippen LogP contribution >= 0.6 is 0 Å². The largest absolute Gasteiger partial charge is 0.369 e. The van der Waals surface area contributed by atoms with Crippen molar-refractivity contribution < 1.29 is 4.74 Å². The Labute approximate surface area is 108 Å². The third kappa shape index (κ3) is 15.5. The van der Waals surface area contributed by atoms with Crippen LogP contribution in [0.1, 0.15) is 77.6 Å². The molecule has 0 radical (unpaired) electrons. The zero-order valence-corrected chi connectivity index (χ0v) is 11.7. The summed E-state index contributed by atoms with van der Waals surface area (Å²) in [6.45, 7) is 3.58. The minimum atomic E-state index is 0.470. The molecule has 0 spiro atoms. The second-order valence-electron chi connectivity index (χ2n) is 4.79. The number of hydrogen-bond acceptors (Lipinski definition) is 1. The SMILES string of the molecule is C#CCOCCCCCCCCCCCCC. The van der Waals surface area contributed by atoms with E-state index < -0.39 is 0 Å². The average molecular weight is 238 g/mol. The van der Waals surface area contributed by atoms with Gasteiger partial charge in [0.2, 0.25) is 0 Å². The first-order valence-electron chi connectivity index (χ1n) is 7.43. The highest BCUT2D eigenvalue weighted by atomic mass is 16.5. The summed E-state index contributed by atoms with van der Waals surface area (Å²) in [7, 11) is 0. The summed E-state index contributed by atoms with van der Waals surface area (Å²) < 4.78 is 5.23. The van der Waals surface area contributed by atoms with Crippen molar-refractivity contribution in [2.24, 2.45) is 0 Å². The molecule has 100 valence electrons. The van der Waals surface area contributed by atoms with E-state index in [0.29, 0.717) is 6.61 Å². The van der Waals surface area contributed by atoms with Gasteiger partial charge in [-0.05, 0) is 6.42 Å². The van der Waals surface area contributed by atoms with Crippen molar-refractivity contribution in [3.63, 3.8) is 0 Å². The van der Waals surface area contributed by atoms with Gasteiger partial charge in [-0.2, -0.15) is 0 Å². The number of terminal acetylenes is 1. The van der Waals surface area contributed by atoms with Crippen molar-refractivity contribution in [2.75, 3.05) is 13.2 Å². The first-order valence-corrected chi connectivity index (χ1v) is 7.43. The van der Waals surface area contributed by atoms with Gasteiger partial charge < -0.3 is 4.74 Å². The molecule has 0 aromatic carbocycles. The summed E-state index contributed by atoms with van der Waals surface area (Å²) in [5.41, 5.74) is 0. The number of hydrogen-bond donors (Lipinski definition) is 0. The first kappa shape index (κ1) is 16.5. The second kappa shape index (κ2) is 15.5. The Hall–Kier alpha value is -0.480. The van der Waals surface area contributed by atoms with Gasteiger partial charge in [0, 0.05) is 6.61 Å². The van der Waals surface area contributed by atoms with Gasteiger partial charge in [0.1, 0.15) is 6.61 Å². The van der Waals surface area contributed by atoms with Crippen LogP contribution in [0, 0.1) is 12.3 Å². The number of rotatable bonds is 13. The molecule has 0 aromatic heterocycles. The number of ether oxygens (including phenoxy) is 1. The number of unbranched alkanes of at least 4 members (excludes halogenated alkanes) is 10. The maximum Gasteiger partial charge on any atom is 0.107 e. The second-order valence-corrected chi connectivity index (χ2v) is 4.79. The topological polar surface area (TPSA) is 9.23 Å². The molecular formula is C16H30O. The molecule has 0 heterocycles. The first-order chi connectivity index (χ1) is 8.41.